The van der Waals surface area contributed by atoms with Crippen molar-refractivity contribution in [3.63, 3.8) is 0 Å². The first-order chi connectivity index (χ1) is 13.2. The average Bonchev–Trinajstić information content (AvgIpc) is 3.28. The number of fused-ring (bicyclic) bond motifs is 2. The van der Waals surface area contributed by atoms with E-state index in [2.05, 4.69) is 65.9 Å². The summed E-state index contributed by atoms with van der Waals surface area (Å²) in [6, 6.07) is 12.3. The Kier molecular flexibility index (Phi) is 6.95. The minimum Gasteiger partial charge on any atom is -0.361 e. The number of para-hydroxylation sites is 1. The zero-order valence-corrected chi connectivity index (χ0v) is 19.4. The topological polar surface area (TPSA) is 69.5 Å². The number of hydrogen-bond acceptors (Lipinski definition) is 2. The van der Waals surface area contributed by atoms with Gasteiger partial charge in [0.25, 0.3) is 0 Å². The predicted molar refractivity (Wildman–Crippen MR) is 129 cm³/mol. The average molecular weight is 553 g/mol. The summed E-state index contributed by atoms with van der Waals surface area (Å²) in [5.41, 5.74) is 4.37. The van der Waals surface area contributed by atoms with Crippen molar-refractivity contribution < 1.29 is 0 Å². The van der Waals surface area contributed by atoms with Gasteiger partial charge in [-0.05, 0) is 46.1 Å². The normalized spacial score (nSPS) is 11.6. The molecule has 0 aliphatic heterocycles. The van der Waals surface area contributed by atoms with Crippen LogP contribution in [0.5, 0.6) is 0 Å². The number of halogens is 2. The Balaban J connectivity index is 0.00000225. The second kappa shape index (κ2) is 9.42. The number of pyridine rings is 1. The van der Waals surface area contributed by atoms with Crippen LogP contribution in [0.1, 0.15) is 11.3 Å². The van der Waals surface area contributed by atoms with Crippen molar-refractivity contribution in [3.8, 4) is 0 Å². The van der Waals surface area contributed by atoms with Gasteiger partial charge in [-0.15, -0.1) is 24.0 Å². The molecule has 0 fully saturated rings. The fraction of sp³-hybridized carbons (Fsp3) is 0.200. The predicted octanol–water partition coefficient (Wildman–Crippen LogP) is 4.10. The Morgan fingerprint density at radius 2 is 2.04 bits per heavy atom. The molecule has 3 heterocycles. The minimum atomic E-state index is 0. The molecule has 0 saturated carbocycles. The summed E-state index contributed by atoms with van der Waals surface area (Å²) >= 11 is 3.48. The number of aromatic amines is 1. The van der Waals surface area contributed by atoms with Crippen molar-refractivity contribution >= 4 is 62.4 Å². The quantitative estimate of drug-likeness (QED) is 0.198. The molecule has 146 valence electrons. The van der Waals surface area contributed by atoms with Crippen molar-refractivity contribution in [2.45, 2.75) is 13.0 Å². The second-order valence-electron chi connectivity index (χ2n) is 6.31. The summed E-state index contributed by atoms with van der Waals surface area (Å²) in [4.78, 5) is 12.2. The standard InChI is InChI=1S/C20H21BrN6.HI/c1-22-20(23-9-8-14-10-24-18-5-3-2-4-17(14)18)25-11-16-13-27-12-15(21)6-7-19(27)26-16;/h2-7,10,12-13,24H,8-9,11H2,1H3,(H2,22,23,25);1H. The highest BCUT2D eigenvalue weighted by Gasteiger charge is 2.05. The molecule has 3 N–H and O–H groups in total. The van der Waals surface area contributed by atoms with Crippen molar-refractivity contribution in [1.82, 2.24) is 25.0 Å². The fourth-order valence-corrected chi connectivity index (χ4v) is 3.50. The maximum Gasteiger partial charge on any atom is 0.191 e. The highest BCUT2D eigenvalue weighted by molar-refractivity contribution is 14.0. The largest absolute Gasteiger partial charge is 0.361 e. The van der Waals surface area contributed by atoms with Crippen LogP contribution in [0, 0.1) is 0 Å². The van der Waals surface area contributed by atoms with Gasteiger partial charge in [0.2, 0.25) is 0 Å². The third-order valence-corrected chi connectivity index (χ3v) is 4.96. The van der Waals surface area contributed by atoms with E-state index in [1.807, 2.05) is 35.0 Å². The third kappa shape index (κ3) is 4.67. The lowest BCUT2D eigenvalue weighted by Crippen LogP contribution is -2.37. The van der Waals surface area contributed by atoms with Crippen molar-refractivity contribution in [2.24, 2.45) is 4.99 Å². The Labute approximate surface area is 189 Å². The van der Waals surface area contributed by atoms with Crippen LogP contribution in [0.15, 0.2) is 64.5 Å². The van der Waals surface area contributed by atoms with E-state index in [0.717, 1.165) is 34.7 Å². The van der Waals surface area contributed by atoms with Gasteiger partial charge < -0.3 is 20.0 Å². The number of rotatable bonds is 5. The molecular weight excluding hydrogens is 531 g/mol. The molecule has 28 heavy (non-hydrogen) atoms. The number of imidazole rings is 1. The number of aliphatic imine (C=N–C) groups is 1. The number of hydrogen-bond donors (Lipinski definition) is 3. The van der Waals surface area contributed by atoms with E-state index in [9.17, 15) is 0 Å². The van der Waals surface area contributed by atoms with Crippen molar-refractivity contribution in [1.29, 1.82) is 0 Å². The number of guanidine groups is 1. The maximum atomic E-state index is 4.61. The summed E-state index contributed by atoms with van der Waals surface area (Å²) in [6.07, 6.45) is 7.02. The molecule has 1 aromatic carbocycles. The van der Waals surface area contributed by atoms with Crippen molar-refractivity contribution in [2.75, 3.05) is 13.6 Å². The lowest BCUT2D eigenvalue weighted by atomic mass is 10.1. The molecule has 6 nitrogen and oxygen atoms in total. The summed E-state index contributed by atoms with van der Waals surface area (Å²) in [5, 5.41) is 7.97. The molecule has 0 atom stereocenters. The number of H-pyrrole nitrogens is 1. The van der Waals surface area contributed by atoms with Gasteiger partial charge in [-0.1, -0.05) is 18.2 Å². The Morgan fingerprint density at radius 1 is 1.18 bits per heavy atom. The minimum absolute atomic E-state index is 0. The van der Waals surface area contributed by atoms with Crippen molar-refractivity contribution in [3.05, 3.63) is 70.7 Å². The van der Waals surface area contributed by atoms with Crippen LogP contribution in [0.2, 0.25) is 0 Å². The molecule has 0 bridgehead atoms. The molecule has 4 rings (SSSR count). The zero-order chi connectivity index (χ0) is 18.6. The van der Waals surface area contributed by atoms with Crippen LogP contribution >= 0.6 is 39.9 Å². The SMILES string of the molecule is CN=C(NCCc1c[nH]c2ccccc12)NCc1cn2cc(Br)ccc2n1.I. The van der Waals surface area contributed by atoms with Gasteiger partial charge >= 0.3 is 0 Å². The molecular formula is C20H22BrIN6. The monoisotopic (exact) mass is 552 g/mol. The van der Waals surface area contributed by atoms with E-state index >= 15 is 0 Å². The van der Waals surface area contributed by atoms with Crippen LogP contribution in [-0.2, 0) is 13.0 Å². The van der Waals surface area contributed by atoms with E-state index in [1.54, 1.807) is 7.05 Å². The Bertz CT molecular complexity index is 1100. The Hall–Kier alpha value is -2.07. The summed E-state index contributed by atoms with van der Waals surface area (Å²) < 4.78 is 3.04. The molecule has 0 amide bonds. The van der Waals surface area contributed by atoms with Crippen LogP contribution in [-0.4, -0.2) is 33.9 Å². The van der Waals surface area contributed by atoms with Crippen LogP contribution in [0.3, 0.4) is 0 Å². The number of nitrogens with zero attached hydrogens (tertiary/aromatic N) is 3. The number of nitrogens with one attached hydrogen (secondary N) is 3. The van der Waals surface area contributed by atoms with Gasteiger partial charge in [0, 0.05) is 47.6 Å². The van der Waals surface area contributed by atoms with Gasteiger partial charge in [-0.3, -0.25) is 4.99 Å². The summed E-state index contributed by atoms with van der Waals surface area (Å²) in [7, 11) is 1.78. The number of benzene rings is 1. The molecule has 0 aliphatic rings. The van der Waals surface area contributed by atoms with E-state index in [1.165, 1.54) is 16.5 Å². The van der Waals surface area contributed by atoms with Gasteiger partial charge in [-0.25, -0.2) is 4.98 Å². The number of aromatic nitrogens is 3. The zero-order valence-electron chi connectivity index (χ0n) is 15.4. The first-order valence-electron chi connectivity index (χ1n) is 8.85. The van der Waals surface area contributed by atoms with Crippen LogP contribution in [0.25, 0.3) is 16.6 Å². The first kappa shape index (κ1) is 20.7. The summed E-state index contributed by atoms with van der Waals surface area (Å²) in [6.45, 7) is 1.42. The van der Waals surface area contributed by atoms with E-state index in [-0.39, 0.29) is 24.0 Å². The maximum absolute atomic E-state index is 4.61. The molecule has 3 aromatic heterocycles. The molecule has 0 spiro atoms. The molecule has 4 aromatic rings. The van der Waals surface area contributed by atoms with E-state index < -0.39 is 0 Å². The van der Waals surface area contributed by atoms with E-state index in [4.69, 9.17) is 0 Å². The first-order valence-corrected chi connectivity index (χ1v) is 9.65. The fourth-order valence-electron chi connectivity index (χ4n) is 3.15. The van der Waals surface area contributed by atoms with Crippen LogP contribution in [0.4, 0.5) is 0 Å². The molecule has 0 saturated heterocycles. The van der Waals surface area contributed by atoms with Gasteiger partial charge in [0.1, 0.15) is 5.65 Å². The third-order valence-electron chi connectivity index (χ3n) is 4.49. The van der Waals surface area contributed by atoms with Gasteiger partial charge in [0.05, 0.1) is 12.2 Å². The van der Waals surface area contributed by atoms with Crippen LogP contribution < -0.4 is 10.6 Å². The van der Waals surface area contributed by atoms with Gasteiger partial charge in [0.15, 0.2) is 5.96 Å². The highest BCUT2D eigenvalue weighted by atomic mass is 127. The Morgan fingerprint density at radius 3 is 2.89 bits per heavy atom. The molecule has 0 unspecified atom stereocenters. The summed E-state index contributed by atoms with van der Waals surface area (Å²) in [5.74, 6) is 0.771. The smallest absolute Gasteiger partial charge is 0.191 e. The lowest BCUT2D eigenvalue weighted by Gasteiger charge is -2.10. The second-order valence-corrected chi connectivity index (χ2v) is 7.22. The molecule has 0 radical (unpaired) electrons. The molecule has 0 aliphatic carbocycles. The van der Waals surface area contributed by atoms with Gasteiger partial charge in [-0.2, -0.15) is 0 Å². The lowest BCUT2D eigenvalue weighted by molar-refractivity contribution is 0.788. The van der Waals surface area contributed by atoms with E-state index in [0.29, 0.717) is 6.54 Å². The molecule has 8 heteroatoms. The highest BCUT2D eigenvalue weighted by Crippen LogP contribution is 2.17.